The lowest BCUT2D eigenvalue weighted by Gasteiger charge is -1.97. The van der Waals surface area contributed by atoms with Crippen LogP contribution < -0.4 is 0 Å². The van der Waals surface area contributed by atoms with Crippen molar-refractivity contribution in [1.29, 1.82) is 0 Å². The van der Waals surface area contributed by atoms with Crippen molar-refractivity contribution < 1.29 is 0 Å². The molecule has 4 fully saturated rings. The van der Waals surface area contributed by atoms with Crippen LogP contribution in [0.25, 0.3) is 0 Å². The summed E-state index contributed by atoms with van der Waals surface area (Å²) in [6.07, 6.45) is 6.37. The zero-order valence-electron chi connectivity index (χ0n) is 7.22. The Bertz CT molecular complexity index is 232. The van der Waals surface area contributed by atoms with Gasteiger partial charge in [0.2, 0.25) is 0 Å². The Hall–Kier alpha value is 0. The molecule has 0 aliphatic heterocycles. The molecule has 6 atom stereocenters. The van der Waals surface area contributed by atoms with E-state index >= 15 is 0 Å². The zero-order valence-corrected chi connectivity index (χ0v) is 7.22. The van der Waals surface area contributed by atoms with Gasteiger partial charge in [0.15, 0.2) is 0 Å². The van der Waals surface area contributed by atoms with E-state index in [1.165, 1.54) is 36.0 Å². The van der Waals surface area contributed by atoms with Gasteiger partial charge in [0, 0.05) is 0 Å². The summed E-state index contributed by atoms with van der Waals surface area (Å²) in [5.74, 6) is 6.16. The maximum atomic E-state index is 2.39. The van der Waals surface area contributed by atoms with Crippen LogP contribution in [0, 0.1) is 35.0 Å². The Kier molecular flexibility index (Phi) is 0.661. The summed E-state index contributed by atoms with van der Waals surface area (Å²) in [4.78, 5) is 0. The molecule has 4 rings (SSSR count). The Labute approximate surface area is 68.4 Å². The van der Waals surface area contributed by atoms with Crippen LogP contribution in [-0.4, -0.2) is 0 Å². The number of hydrogen-bond donors (Lipinski definition) is 0. The molecular formula is C11H16. The predicted octanol–water partition coefficient (Wildman–Crippen LogP) is 2.69. The molecule has 6 unspecified atom stereocenters. The molecule has 0 heterocycles. The number of hydrogen-bond acceptors (Lipinski definition) is 0. The van der Waals surface area contributed by atoms with Crippen LogP contribution in [0.15, 0.2) is 0 Å². The van der Waals surface area contributed by atoms with Crippen molar-refractivity contribution in [2.45, 2.75) is 32.6 Å². The highest BCUT2D eigenvalue weighted by Crippen LogP contribution is 2.89. The minimum atomic E-state index is 0.992. The third-order valence-electron chi connectivity index (χ3n) is 5.32. The first kappa shape index (κ1) is 5.61. The van der Waals surface area contributed by atoms with Crippen LogP contribution in [0.5, 0.6) is 0 Å². The molecule has 0 aromatic rings. The summed E-state index contributed by atoms with van der Waals surface area (Å²) in [5, 5.41) is 0. The van der Waals surface area contributed by atoms with Crippen LogP contribution in [0.3, 0.4) is 0 Å². The molecule has 60 valence electrons. The fourth-order valence-electron chi connectivity index (χ4n) is 4.70. The van der Waals surface area contributed by atoms with E-state index in [4.69, 9.17) is 0 Å². The highest BCUT2D eigenvalue weighted by Gasteiger charge is 2.83. The normalized spacial score (nSPS) is 74.5. The molecular weight excluding hydrogens is 132 g/mol. The van der Waals surface area contributed by atoms with Crippen molar-refractivity contribution in [3.05, 3.63) is 0 Å². The van der Waals surface area contributed by atoms with E-state index in [2.05, 4.69) is 6.92 Å². The number of rotatable bonds is 1. The lowest BCUT2D eigenvalue weighted by atomic mass is 10.1. The minimum Gasteiger partial charge on any atom is -0.0651 e. The SMILES string of the molecule is CCC1CC12C1CC3CC3C12. The van der Waals surface area contributed by atoms with Crippen LogP contribution in [0.1, 0.15) is 32.6 Å². The number of fused-ring (bicyclic) bond motifs is 5. The quantitative estimate of drug-likeness (QED) is 0.536. The Morgan fingerprint density at radius 2 is 2.27 bits per heavy atom. The maximum absolute atomic E-state index is 2.39. The first-order valence-electron chi connectivity index (χ1n) is 5.38. The molecule has 0 nitrogen and oxygen atoms in total. The third kappa shape index (κ3) is 0.421. The van der Waals surface area contributed by atoms with Gasteiger partial charge in [-0.2, -0.15) is 0 Å². The van der Waals surface area contributed by atoms with Gasteiger partial charge in [0.1, 0.15) is 0 Å². The van der Waals surface area contributed by atoms with Crippen molar-refractivity contribution in [2.75, 3.05) is 0 Å². The van der Waals surface area contributed by atoms with Crippen LogP contribution >= 0.6 is 0 Å². The van der Waals surface area contributed by atoms with Crippen LogP contribution in [0.2, 0.25) is 0 Å². The Morgan fingerprint density at radius 1 is 1.36 bits per heavy atom. The van der Waals surface area contributed by atoms with E-state index in [9.17, 15) is 0 Å². The highest BCUT2D eigenvalue weighted by atomic mass is 14.9. The van der Waals surface area contributed by atoms with E-state index in [-0.39, 0.29) is 0 Å². The Morgan fingerprint density at radius 3 is 2.82 bits per heavy atom. The second kappa shape index (κ2) is 1.30. The van der Waals surface area contributed by atoms with Gasteiger partial charge in [-0.1, -0.05) is 13.3 Å². The smallest absolute Gasteiger partial charge is 0.0201 e. The molecule has 4 saturated carbocycles. The van der Waals surface area contributed by atoms with Crippen LogP contribution in [0.4, 0.5) is 0 Å². The van der Waals surface area contributed by atoms with Crippen molar-refractivity contribution in [1.82, 2.24) is 0 Å². The summed E-state index contributed by atoms with van der Waals surface area (Å²) in [5.41, 5.74) is 0.992. The van der Waals surface area contributed by atoms with E-state index in [0.717, 1.165) is 5.41 Å². The first-order chi connectivity index (χ1) is 5.38. The van der Waals surface area contributed by atoms with Crippen LogP contribution in [-0.2, 0) is 0 Å². The molecule has 0 N–H and O–H groups in total. The van der Waals surface area contributed by atoms with E-state index < -0.39 is 0 Å². The molecule has 4 aliphatic rings. The lowest BCUT2D eigenvalue weighted by Crippen LogP contribution is -1.91. The fourth-order valence-corrected chi connectivity index (χ4v) is 4.70. The second-order valence-electron chi connectivity index (χ2n) is 5.45. The molecule has 0 amide bonds. The van der Waals surface area contributed by atoms with E-state index in [1.54, 1.807) is 19.3 Å². The third-order valence-corrected chi connectivity index (χ3v) is 5.32. The van der Waals surface area contributed by atoms with Crippen molar-refractivity contribution in [3.63, 3.8) is 0 Å². The topological polar surface area (TPSA) is 0 Å². The van der Waals surface area contributed by atoms with Gasteiger partial charge in [-0.15, -0.1) is 0 Å². The summed E-state index contributed by atoms with van der Waals surface area (Å²) in [6.45, 7) is 2.39. The van der Waals surface area contributed by atoms with Gasteiger partial charge in [-0.05, 0) is 54.3 Å². The van der Waals surface area contributed by atoms with Gasteiger partial charge in [-0.25, -0.2) is 0 Å². The minimum absolute atomic E-state index is 0.992. The standard InChI is InChI=1S/C11H16/c1-2-7-5-11(7)9-4-6-3-8(6)10(9)11/h6-10H,2-5H2,1H3. The zero-order chi connectivity index (χ0) is 7.22. The predicted molar refractivity (Wildman–Crippen MR) is 44.0 cm³/mol. The summed E-state index contributed by atoms with van der Waals surface area (Å²) in [6, 6.07) is 0. The summed E-state index contributed by atoms with van der Waals surface area (Å²) >= 11 is 0. The van der Waals surface area contributed by atoms with Crippen molar-refractivity contribution in [2.24, 2.45) is 35.0 Å². The van der Waals surface area contributed by atoms with Crippen molar-refractivity contribution >= 4 is 0 Å². The maximum Gasteiger partial charge on any atom is -0.0201 e. The fraction of sp³-hybridized carbons (Fsp3) is 1.00. The molecule has 0 saturated heterocycles. The van der Waals surface area contributed by atoms with Gasteiger partial charge in [-0.3, -0.25) is 0 Å². The largest absolute Gasteiger partial charge is 0.0651 e. The van der Waals surface area contributed by atoms with Crippen molar-refractivity contribution in [3.8, 4) is 0 Å². The second-order valence-corrected chi connectivity index (χ2v) is 5.45. The van der Waals surface area contributed by atoms with E-state index in [1.807, 2.05) is 0 Å². The van der Waals surface area contributed by atoms with Gasteiger partial charge < -0.3 is 0 Å². The van der Waals surface area contributed by atoms with Gasteiger partial charge in [0.25, 0.3) is 0 Å². The summed E-state index contributed by atoms with van der Waals surface area (Å²) < 4.78 is 0. The Balaban J connectivity index is 1.64. The molecule has 0 aromatic carbocycles. The first-order valence-corrected chi connectivity index (χ1v) is 5.38. The molecule has 0 radical (unpaired) electrons. The van der Waals surface area contributed by atoms with Gasteiger partial charge in [0.05, 0.1) is 0 Å². The average Bonchev–Trinajstić information content (AvgIpc) is 2.93. The molecule has 0 bridgehead atoms. The average molecular weight is 148 g/mol. The lowest BCUT2D eigenvalue weighted by molar-refractivity contribution is 0.511. The summed E-state index contributed by atoms with van der Waals surface area (Å²) in [7, 11) is 0. The highest BCUT2D eigenvalue weighted by molar-refractivity contribution is 5.31. The van der Waals surface area contributed by atoms with E-state index in [0.29, 0.717) is 0 Å². The molecule has 0 aromatic heterocycles. The van der Waals surface area contributed by atoms with Gasteiger partial charge >= 0.3 is 0 Å². The molecule has 0 heteroatoms. The molecule has 11 heavy (non-hydrogen) atoms. The molecule has 1 spiro atoms. The molecule has 4 aliphatic carbocycles. The monoisotopic (exact) mass is 148 g/mol.